The lowest BCUT2D eigenvalue weighted by atomic mass is 10.2. The standard InChI is InChI=1S/C10H14Cl2N2/c1-8(4-11)5-14-6-9-2-3-13-7-10(9)12/h2-3,7-8,14H,4-6H2,1H3. The van der Waals surface area contributed by atoms with Gasteiger partial charge < -0.3 is 5.32 Å². The monoisotopic (exact) mass is 232 g/mol. The van der Waals surface area contributed by atoms with Gasteiger partial charge in [-0.3, -0.25) is 4.98 Å². The van der Waals surface area contributed by atoms with Gasteiger partial charge in [0, 0.05) is 24.8 Å². The van der Waals surface area contributed by atoms with Gasteiger partial charge in [0.15, 0.2) is 0 Å². The number of hydrogen-bond acceptors (Lipinski definition) is 2. The first-order chi connectivity index (χ1) is 6.74. The molecule has 2 nitrogen and oxygen atoms in total. The minimum atomic E-state index is 0.484. The van der Waals surface area contributed by atoms with Crippen LogP contribution < -0.4 is 5.32 Å². The molecule has 1 atom stereocenters. The summed E-state index contributed by atoms with van der Waals surface area (Å²) in [5.74, 6) is 1.16. The van der Waals surface area contributed by atoms with E-state index < -0.39 is 0 Å². The second-order valence-electron chi connectivity index (χ2n) is 3.36. The molecule has 0 saturated heterocycles. The number of aromatic nitrogens is 1. The maximum Gasteiger partial charge on any atom is 0.0634 e. The van der Waals surface area contributed by atoms with Crippen molar-refractivity contribution in [3.63, 3.8) is 0 Å². The highest BCUT2D eigenvalue weighted by molar-refractivity contribution is 6.31. The summed E-state index contributed by atoms with van der Waals surface area (Å²) in [4.78, 5) is 3.92. The summed E-state index contributed by atoms with van der Waals surface area (Å²) in [6, 6.07) is 1.92. The van der Waals surface area contributed by atoms with Crippen molar-refractivity contribution in [1.29, 1.82) is 0 Å². The van der Waals surface area contributed by atoms with Crippen LogP contribution in [-0.2, 0) is 6.54 Å². The Labute approximate surface area is 94.6 Å². The molecular weight excluding hydrogens is 219 g/mol. The molecule has 0 spiro atoms. The number of pyridine rings is 1. The van der Waals surface area contributed by atoms with E-state index in [-0.39, 0.29) is 0 Å². The number of nitrogens with zero attached hydrogens (tertiary/aromatic N) is 1. The average Bonchev–Trinajstić information content (AvgIpc) is 2.20. The fraction of sp³-hybridized carbons (Fsp3) is 0.500. The van der Waals surface area contributed by atoms with Crippen LogP contribution >= 0.6 is 23.2 Å². The van der Waals surface area contributed by atoms with Crippen LogP contribution in [0.15, 0.2) is 18.5 Å². The lowest BCUT2D eigenvalue weighted by Gasteiger charge is -2.09. The van der Waals surface area contributed by atoms with Gasteiger partial charge in [0.05, 0.1) is 5.02 Å². The molecule has 0 amide bonds. The molecule has 0 aliphatic carbocycles. The first-order valence-corrected chi connectivity index (χ1v) is 5.50. The molecular formula is C10H14Cl2N2. The molecule has 1 aromatic rings. The third-order valence-corrected chi connectivity index (χ3v) is 2.80. The van der Waals surface area contributed by atoms with Gasteiger partial charge in [0.2, 0.25) is 0 Å². The predicted octanol–water partition coefficient (Wildman–Crippen LogP) is 2.70. The average molecular weight is 233 g/mol. The molecule has 4 heteroatoms. The van der Waals surface area contributed by atoms with Gasteiger partial charge in [0.1, 0.15) is 0 Å². The Morgan fingerprint density at radius 3 is 3.00 bits per heavy atom. The fourth-order valence-corrected chi connectivity index (χ4v) is 1.35. The van der Waals surface area contributed by atoms with Crippen molar-refractivity contribution in [2.45, 2.75) is 13.5 Å². The minimum absolute atomic E-state index is 0.484. The SMILES string of the molecule is CC(CCl)CNCc1ccncc1Cl. The highest BCUT2D eigenvalue weighted by Crippen LogP contribution is 2.12. The maximum absolute atomic E-state index is 5.94. The third kappa shape index (κ3) is 3.82. The van der Waals surface area contributed by atoms with E-state index in [4.69, 9.17) is 23.2 Å². The quantitative estimate of drug-likeness (QED) is 0.791. The van der Waals surface area contributed by atoms with E-state index in [1.54, 1.807) is 12.4 Å². The van der Waals surface area contributed by atoms with Crippen LogP contribution in [0.5, 0.6) is 0 Å². The van der Waals surface area contributed by atoms with E-state index in [1.165, 1.54) is 0 Å². The lowest BCUT2D eigenvalue weighted by molar-refractivity contribution is 0.557. The van der Waals surface area contributed by atoms with Gasteiger partial charge in [-0.1, -0.05) is 18.5 Å². The molecule has 0 aliphatic heterocycles. The zero-order chi connectivity index (χ0) is 10.4. The Hall–Kier alpha value is -0.310. The second-order valence-corrected chi connectivity index (χ2v) is 4.07. The van der Waals surface area contributed by atoms with E-state index in [9.17, 15) is 0 Å². The Morgan fingerprint density at radius 1 is 1.57 bits per heavy atom. The molecule has 0 radical (unpaired) electrons. The second kappa shape index (κ2) is 6.23. The summed E-state index contributed by atoms with van der Waals surface area (Å²) >= 11 is 11.6. The van der Waals surface area contributed by atoms with Crippen molar-refractivity contribution >= 4 is 23.2 Å². The van der Waals surface area contributed by atoms with Crippen molar-refractivity contribution in [3.8, 4) is 0 Å². The molecule has 1 heterocycles. The van der Waals surface area contributed by atoms with Gasteiger partial charge in [-0.05, 0) is 24.1 Å². The van der Waals surface area contributed by atoms with Crippen LogP contribution in [0.3, 0.4) is 0 Å². The van der Waals surface area contributed by atoms with Crippen LogP contribution in [0.4, 0.5) is 0 Å². The van der Waals surface area contributed by atoms with Gasteiger partial charge in [0.25, 0.3) is 0 Å². The Morgan fingerprint density at radius 2 is 2.36 bits per heavy atom. The summed E-state index contributed by atoms with van der Waals surface area (Å²) in [6.45, 7) is 3.78. The molecule has 1 aromatic heterocycles. The van der Waals surface area contributed by atoms with Gasteiger partial charge >= 0.3 is 0 Å². The minimum Gasteiger partial charge on any atom is -0.312 e. The van der Waals surface area contributed by atoms with Crippen molar-refractivity contribution in [2.24, 2.45) is 5.92 Å². The fourth-order valence-electron chi connectivity index (χ4n) is 1.06. The van der Waals surface area contributed by atoms with Gasteiger partial charge in [-0.25, -0.2) is 0 Å². The van der Waals surface area contributed by atoms with Gasteiger partial charge in [-0.15, -0.1) is 11.6 Å². The Kier molecular flexibility index (Phi) is 5.23. The summed E-state index contributed by atoms with van der Waals surface area (Å²) < 4.78 is 0. The third-order valence-electron chi connectivity index (χ3n) is 1.93. The highest BCUT2D eigenvalue weighted by Gasteiger charge is 2.01. The van der Waals surface area contributed by atoms with E-state index in [1.807, 2.05) is 6.07 Å². The number of hydrogen-bond donors (Lipinski definition) is 1. The molecule has 1 N–H and O–H groups in total. The van der Waals surface area contributed by atoms with E-state index >= 15 is 0 Å². The maximum atomic E-state index is 5.94. The molecule has 1 rings (SSSR count). The predicted molar refractivity (Wildman–Crippen MR) is 60.8 cm³/mol. The van der Waals surface area contributed by atoms with Crippen LogP contribution in [0.25, 0.3) is 0 Å². The molecule has 0 bridgehead atoms. The summed E-state index contributed by atoms with van der Waals surface area (Å²) in [7, 11) is 0. The number of nitrogens with one attached hydrogen (secondary N) is 1. The summed E-state index contributed by atoms with van der Waals surface area (Å²) in [5, 5.41) is 4.00. The lowest BCUT2D eigenvalue weighted by Crippen LogP contribution is -2.21. The summed E-state index contributed by atoms with van der Waals surface area (Å²) in [5.41, 5.74) is 1.07. The van der Waals surface area contributed by atoms with Crippen molar-refractivity contribution in [3.05, 3.63) is 29.0 Å². The zero-order valence-electron chi connectivity index (χ0n) is 8.13. The van der Waals surface area contributed by atoms with E-state index in [0.29, 0.717) is 16.8 Å². The largest absolute Gasteiger partial charge is 0.312 e. The first-order valence-electron chi connectivity index (χ1n) is 4.59. The van der Waals surface area contributed by atoms with Gasteiger partial charge in [-0.2, -0.15) is 0 Å². The smallest absolute Gasteiger partial charge is 0.0634 e. The normalized spacial score (nSPS) is 12.8. The topological polar surface area (TPSA) is 24.9 Å². The molecule has 0 aliphatic rings. The molecule has 0 saturated carbocycles. The van der Waals surface area contributed by atoms with Crippen molar-refractivity contribution in [1.82, 2.24) is 10.3 Å². The van der Waals surface area contributed by atoms with E-state index in [0.717, 1.165) is 18.7 Å². The highest BCUT2D eigenvalue weighted by atomic mass is 35.5. The Balaban J connectivity index is 2.35. The number of rotatable bonds is 5. The molecule has 1 unspecified atom stereocenters. The number of alkyl halides is 1. The van der Waals surface area contributed by atoms with Crippen molar-refractivity contribution < 1.29 is 0 Å². The van der Waals surface area contributed by atoms with Crippen LogP contribution in [-0.4, -0.2) is 17.4 Å². The first kappa shape index (κ1) is 11.8. The van der Waals surface area contributed by atoms with Crippen LogP contribution in [0.2, 0.25) is 5.02 Å². The molecule has 14 heavy (non-hydrogen) atoms. The summed E-state index contributed by atoms with van der Waals surface area (Å²) in [6.07, 6.45) is 3.40. The van der Waals surface area contributed by atoms with E-state index in [2.05, 4.69) is 17.2 Å². The molecule has 78 valence electrons. The molecule has 0 fully saturated rings. The van der Waals surface area contributed by atoms with Crippen molar-refractivity contribution in [2.75, 3.05) is 12.4 Å². The van der Waals surface area contributed by atoms with Crippen LogP contribution in [0, 0.1) is 5.92 Å². The molecule has 0 aromatic carbocycles. The Bertz CT molecular complexity index is 279. The number of halogens is 2. The zero-order valence-corrected chi connectivity index (χ0v) is 9.65. The van der Waals surface area contributed by atoms with Crippen LogP contribution in [0.1, 0.15) is 12.5 Å².